The third-order valence-corrected chi connectivity index (χ3v) is 7.19. The van der Waals surface area contributed by atoms with E-state index in [0.717, 1.165) is 69.5 Å². The van der Waals surface area contributed by atoms with Crippen LogP contribution < -0.4 is 10.6 Å². The van der Waals surface area contributed by atoms with Crippen molar-refractivity contribution in [1.82, 2.24) is 29.3 Å². The molecule has 2 N–H and O–H groups in total. The summed E-state index contributed by atoms with van der Waals surface area (Å²) in [6.07, 6.45) is 8.29. The second-order valence-electron chi connectivity index (χ2n) is 10.2. The van der Waals surface area contributed by atoms with Crippen LogP contribution in [-0.2, 0) is 4.74 Å². The predicted octanol–water partition coefficient (Wildman–Crippen LogP) is 3.61. The summed E-state index contributed by atoms with van der Waals surface area (Å²) in [7, 11) is 0. The summed E-state index contributed by atoms with van der Waals surface area (Å²) in [4.78, 5) is 19.5. The molecule has 1 saturated heterocycles. The second kappa shape index (κ2) is 12.1. The van der Waals surface area contributed by atoms with Crippen molar-refractivity contribution < 1.29 is 4.74 Å². The topological polar surface area (TPSA) is 83.4 Å². The zero-order valence-electron chi connectivity index (χ0n) is 21.6. The van der Waals surface area contributed by atoms with Gasteiger partial charge >= 0.3 is 0 Å². The van der Waals surface area contributed by atoms with Crippen molar-refractivity contribution in [3.05, 3.63) is 6.33 Å². The zero-order chi connectivity index (χ0) is 23.9. The highest BCUT2D eigenvalue weighted by molar-refractivity contribution is 5.84. The lowest BCUT2D eigenvalue weighted by atomic mass is 9.95. The summed E-state index contributed by atoms with van der Waals surface area (Å²) in [5.74, 6) is 1.52. The predicted molar refractivity (Wildman–Crippen MR) is 139 cm³/mol. The van der Waals surface area contributed by atoms with Crippen LogP contribution in [0, 0.1) is 0 Å². The molecular formula is C25H44N8O. The second-order valence-corrected chi connectivity index (χ2v) is 10.2. The van der Waals surface area contributed by atoms with Crippen LogP contribution in [0.1, 0.15) is 65.8 Å². The van der Waals surface area contributed by atoms with Crippen molar-refractivity contribution in [1.29, 1.82) is 0 Å². The maximum absolute atomic E-state index is 5.47. The summed E-state index contributed by atoms with van der Waals surface area (Å²) in [6.45, 7) is 16.2. The van der Waals surface area contributed by atoms with E-state index in [-0.39, 0.29) is 0 Å². The summed E-state index contributed by atoms with van der Waals surface area (Å²) in [5, 5.41) is 7.07. The van der Waals surface area contributed by atoms with Crippen molar-refractivity contribution in [2.75, 3.05) is 63.1 Å². The fourth-order valence-electron chi connectivity index (χ4n) is 5.31. The number of ether oxygens (including phenoxy) is 1. The van der Waals surface area contributed by atoms with Crippen LogP contribution in [0.5, 0.6) is 0 Å². The van der Waals surface area contributed by atoms with Crippen molar-refractivity contribution in [3.63, 3.8) is 0 Å². The van der Waals surface area contributed by atoms with Crippen molar-refractivity contribution >= 4 is 22.9 Å². The molecule has 9 nitrogen and oxygen atoms in total. The van der Waals surface area contributed by atoms with E-state index in [1.54, 1.807) is 0 Å². The van der Waals surface area contributed by atoms with Crippen LogP contribution in [-0.4, -0.2) is 93.9 Å². The number of hydrogen-bond donors (Lipinski definition) is 2. The molecule has 2 aliphatic rings. The van der Waals surface area contributed by atoms with Crippen molar-refractivity contribution in [2.45, 2.75) is 77.9 Å². The van der Waals surface area contributed by atoms with E-state index in [0.29, 0.717) is 24.1 Å². The molecule has 1 aliphatic heterocycles. The first-order chi connectivity index (χ1) is 16.5. The van der Waals surface area contributed by atoms with Gasteiger partial charge < -0.3 is 19.9 Å². The molecular weight excluding hydrogens is 428 g/mol. The molecule has 9 heteroatoms. The van der Waals surface area contributed by atoms with Gasteiger partial charge in [0.15, 0.2) is 17.0 Å². The molecule has 0 radical (unpaired) electrons. The Morgan fingerprint density at radius 1 is 1.00 bits per heavy atom. The van der Waals surface area contributed by atoms with Crippen LogP contribution >= 0.6 is 0 Å². The smallest absolute Gasteiger partial charge is 0.226 e. The van der Waals surface area contributed by atoms with Crippen molar-refractivity contribution in [3.8, 4) is 0 Å². The first-order valence-electron chi connectivity index (χ1n) is 13.3. The Morgan fingerprint density at radius 2 is 1.74 bits per heavy atom. The number of rotatable bonds is 11. The Labute approximate surface area is 204 Å². The first-order valence-corrected chi connectivity index (χ1v) is 13.3. The van der Waals surface area contributed by atoms with Crippen LogP contribution in [0.2, 0.25) is 0 Å². The number of morpholine rings is 1. The number of anilines is 2. The van der Waals surface area contributed by atoms with Gasteiger partial charge in [0, 0.05) is 57.4 Å². The maximum Gasteiger partial charge on any atom is 0.226 e. The minimum absolute atomic E-state index is 0.486. The van der Waals surface area contributed by atoms with E-state index < -0.39 is 0 Å². The number of nitrogens with one attached hydrogen (secondary N) is 2. The van der Waals surface area contributed by atoms with Crippen LogP contribution in [0.15, 0.2) is 6.33 Å². The average Bonchev–Trinajstić information content (AvgIpc) is 3.27. The molecule has 0 amide bonds. The molecule has 2 fully saturated rings. The summed E-state index contributed by atoms with van der Waals surface area (Å²) >= 11 is 0. The highest BCUT2D eigenvalue weighted by atomic mass is 16.5. The molecule has 4 rings (SSSR count). The van der Waals surface area contributed by atoms with E-state index in [2.05, 4.69) is 52.7 Å². The molecule has 0 unspecified atom stereocenters. The number of nitrogens with zero attached hydrogens (tertiary/aromatic N) is 6. The Balaban J connectivity index is 1.50. The molecule has 1 aliphatic carbocycles. The van der Waals surface area contributed by atoms with Crippen LogP contribution in [0.3, 0.4) is 0 Å². The van der Waals surface area contributed by atoms with Crippen LogP contribution in [0.4, 0.5) is 11.8 Å². The summed E-state index contributed by atoms with van der Waals surface area (Å²) in [6, 6.07) is 1.50. The fourth-order valence-corrected chi connectivity index (χ4v) is 5.31. The SMILES string of the molecule is CC(C)N(CCNc1nc(NCCN2CCOCC2)nc2c1ncn2C1CCCCC1)C(C)C. The van der Waals surface area contributed by atoms with Gasteiger partial charge in [-0.25, -0.2) is 4.98 Å². The van der Waals surface area contributed by atoms with Gasteiger partial charge in [0.05, 0.1) is 19.5 Å². The Hall–Kier alpha value is -1.97. The molecule has 1 saturated carbocycles. The summed E-state index contributed by atoms with van der Waals surface area (Å²) < 4.78 is 7.76. The van der Waals surface area contributed by atoms with Gasteiger partial charge in [-0.3, -0.25) is 9.80 Å². The molecule has 190 valence electrons. The molecule has 0 aromatic carbocycles. The number of hydrogen-bond acceptors (Lipinski definition) is 8. The molecule has 3 heterocycles. The highest BCUT2D eigenvalue weighted by Crippen LogP contribution is 2.32. The number of aromatic nitrogens is 4. The van der Waals surface area contributed by atoms with E-state index in [1.165, 1.54) is 32.1 Å². The third-order valence-electron chi connectivity index (χ3n) is 7.19. The molecule has 34 heavy (non-hydrogen) atoms. The monoisotopic (exact) mass is 472 g/mol. The van der Waals surface area contributed by atoms with E-state index in [9.17, 15) is 0 Å². The van der Waals surface area contributed by atoms with Crippen LogP contribution in [0.25, 0.3) is 11.2 Å². The Morgan fingerprint density at radius 3 is 2.44 bits per heavy atom. The van der Waals surface area contributed by atoms with Crippen molar-refractivity contribution in [2.24, 2.45) is 0 Å². The van der Waals surface area contributed by atoms with E-state index in [4.69, 9.17) is 19.7 Å². The third kappa shape index (κ3) is 6.37. The average molecular weight is 473 g/mol. The molecule has 0 bridgehead atoms. The van der Waals surface area contributed by atoms with Gasteiger partial charge in [0.2, 0.25) is 5.95 Å². The normalized spacial score (nSPS) is 18.4. The van der Waals surface area contributed by atoms with E-state index >= 15 is 0 Å². The minimum atomic E-state index is 0.486. The minimum Gasteiger partial charge on any atom is -0.379 e. The Kier molecular flexibility index (Phi) is 8.97. The largest absolute Gasteiger partial charge is 0.379 e. The van der Waals surface area contributed by atoms with Gasteiger partial charge in [-0.05, 0) is 40.5 Å². The summed E-state index contributed by atoms with van der Waals surface area (Å²) in [5.41, 5.74) is 1.83. The fraction of sp³-hybridized carbons (Fsp3) is 0.800. The van der Waals surface area contributed by atoms with Gasteiger partial charge in [-0.2, -0.15) is 9.97 Å². The maximum atomic E-state index is 5.47. The van der Waals surface area contributed by atoms with Gasteiger partial charge in [-0.15, -0.1) is 0 Å². The van der Waals surface area contributed by atoms with Gasteiger partial charge in [0.25, 0.3) is 0 Å². The number of imidazole rings is 1. The highest BCUT2D eigenvalue weighted by Gasteiger charge is 2.21. The van der Waals surface area contributed by atoms with Gasteiger partial charge in [0.1, 0.15) is 0 Å². The lowest BCUT2D eigenvalue weighted by molar-refractivity contribution is 0.0398. The lowest BCUT2D eigenvalue weighted by Gasteiger charge is -2.30. The standard InChI is InChI=1S/C25H44N8O/c1-19(2)32(20(3)4)13-11-26-23-22-24(33(18-28-22)21-8-6-5-7-9-21)30-25(29-23)27-10-12-31-14-16-34-17-15-31/h18-21H,5-17H2,1-4H3,(H2,26,27,29,30). The quantitative estimate of drug-likeness (QED) is 0.513. The lowest BCUT2D eigenvalue weighted by Crippen LogP contribution is -2.40. The zero-order valence-corrected chi connectivity index (χ0v) is 21.6. The van der Waals surface area contributed by atoms with Gasteiger partial charge in [-0.1, -0.05) is 19.3 Å². The molecule has 2 aromatic heterocycles. The molecule has 0 spiro atoms. The molecule has 2 aromatic rings. The number of fused-ring (bicyclic) bond motifs is 1. The van der Waals surface area contributed by atoms with E-state index in [1.807, 2.05) is 6.33 Å². The Bertz CT molecular complexity index is 878. The first kappa shape index (κ1) is 25.1. The molecule has 0 atom stereocenters.